The van der Waals surface area contributed by atoms with Crippen LogP contribution in [0.3, 0.4) is 0 Å². The number of nitrogens with zero attached hydrogens (tertiary/aromatic N) is 3. The summed E-state index contributed by atoms with van der Waals surface area (Å²) in [6, 6.07) is 8.44. The van der Waals surface area contributed by atoms with Crippen molar-refractivity contribution in [3.8, 4) is 5.75 Å². The third-order valence-corrected chi connectivity index (χ3v) is 6.27. The number of ether oxygens (including phenoxy) is 1. The zero-order valence-corrected chi connectivity index (χ0v) is 17.4. The Bertz CT molecular complexity index is 1260. The van der Waals surface area contributed by atoms with Crippen LogP contribution in [0.2, 0.25) is 0 Å². The molecule has 4 aromatic rings. The van der Waals surface area contributed by atoms with E-state index in [0.717, 1.165) is 30.4 Å². The number of fused-ring (bicyclic) bond motifs is 4. The van der Waals surface area contributed by atoms with E-state index in [1.54, 1.807) is 43.6 Å². The van der Waals surface area contributed by atoms with Gasteiger partial charge in [-0.1, -0.05) is 6.42 Å². The molecular weight excluding hydrogens is 403 g/mol. The summed E-state index contributed by atoms with van der Waals surface area (Å²) in [5.41, 5.74) is 0.917. The van der Waals surface area contributed by atoms with E-state index >= 15 is 0 Å². The van der Waals surface area contributed by atoms with Crippen molar-refractivity contribution in [2.75, 3.05) is 26.2 Å². The maximum absolute atomic E-state index is 14.1. The van der Waals surface area contributed by atoms with E-state index in [-0.39, 0.29) is 11.0 Å². The van der Waals surface area contributed by atoms with Gasteiger partial charge in [-0.3, -0.25) is 14.5 Å². The smallest absolute Gasteiger partial charge is 0.489 e. The number of hydrogen-bond acceptors (Lipinski definition) is 3. The first-order valence-corrected chi connectivity index (χ1v) is 10.7. The van der Waals surface area contributed by atoms with Crippen LogP contribution in [0.25, 0.3) is 32.6 Å². The quantitative estimate of drug-likeness (QED) is 0.401. The maximum Gasteiger partial charge on any atom is 0.489 e. The Hall–Kier alpha value is -2.80. The van der Waals surface area contributed by atoms with Crippen molar-refractivity contribution < 1.29 is 17.9 Å². The van der Waals surface area contributed by atoms with Gasteiger partial charge >= 0.3 is 6.30 Å². The molecule has 162 valence electrons. The number of likely N-dealkylation sites (tertiary alicyclic amines) is 1. The largest absolute Gasteiger partial charge is 0.492 e. The van der Waals surface area contributed by atoms with Crippen molar-refractivity contribution >= 4 is 32.6 Å². The van der Waals surface area contributed by atoms with Gasteiger partial charge in [0.15, 0.2) is 0 Å². The number of aromatic nitrogens is 2. The number of pyridine rings is 1. The predicted octanol–water partition coefficient (Wildman–Crippen LogP) is 5.99. The summed E-state index contributed by atoms with van der Waals surface area (Å²) in [7, 11) is 0. The number of aryl methyl sites for hydroxylation is 1. The molecule has 0 spiro atoms. The molecule has 0 unspecified atom stereocenters. The van der Waals surface area contributed by atoms with Gasteiger partial charge in [0.1, 0.15) is 12.4 Å². The fourth-order valence-electron chi connectivity index (χ4n) is 4.79. The number of hydrogen-bond donors (Lipinski definition) is 0. The van der Waals surface area contributed by atoms with E-state index in [2.05, 4.69) is 9.88 Å². The van der Waals surface area contributed by atoms with Gasteiger partial charge in [0.05, 0.1) is 11.0 Å². The van der Waals surface area contributed by atoms with Crippen LogP contribution in [-0.4, -0.2) is 40.7 Å². The van der Waals surface area contributed by atoms with Crippen LogP contribution in [0.1, 0.15) is 24.8 Å². The van der Waals surface area contributed by atoms with Crippen LogP contribution in [0.5, 0.6) is 5.75 Å². The van der Waals surface area contributed by atoms with Crippen molar-refractivity contribution in [3.05, 3.63) is 48.3 Å². The van der Waals surface area contributed by atoms with E-state index in [0.29, 0.717) is 33.3 Å². The average molecular weight is 427 g/mol. The van der Waals surface area contributed by atoms with E-state index in [9.17, 15) is 13.2 Å². The average Bonchev–Trinajstić information content (AvgIpc) is 3.09. The van der Waals surface area contributed by atoms with Gasteiger partial charge in [-0.05, 0) is 74.1 Å². The first-order valence-electron chi connectivity index (χ1n) is 10.7. The third-order valence-electron chi connectivity index (χ3n) is 6.27. The summed E-state index contributed by atoms with van der Waals surface area (Å²) < 4.78 is 48.7. The molecule has 0 atom stereocenters. The number of rotatable bonds is 4. The molecule has 5 rings (SSSR count). The van der Waals surface area contributed by atoms with Crippen molar-refractivity contribution in [1.29, 1.82) is 0 Å². The molecule has 1 fully saturated rings. The van der Waals surface area contributed by atoms with Crippen molar-refractivity contribution in [2.24, 2.45) is 0 Å². The zero-order valence-electron chi connectivity index (χ0n) is 17.4. The van der Waals surface area contributed by atoms with Gasteiger partial charge < -0.3 is 4.74 Å². The van der Waals surface area contributed by atoms with Gasteiger partial charge in [-0.15, -0.1) is 13.2 Å². The van der Waals surface area contributed by atoms with E-state index in [1.165, 1.54) is 25.3 Å². The number of benzene rings is 2. The summed E-state index contributed by atoms with van der Waals surface area (Å²) in [5.74, 6) is 0.592. The monoisotopic (exact) mass is 427 g/mol. The Morgan fingerprint density at radius 1 is 1.00 bits per heavy atom. The highest BCUT2D eigenvalue weighted by molar-refractivity contribution is 6.14. The van der Waals surface area contributed by atoms with E-state index < -0.39 is 6.30 Å². The molecular formula is C24H24F3N3O. The van der Waals surface area contributed by atoms with E-state index in [1.807, 2.05) is 0 Å². The van der Waals surface area contributed by atoms with Crippen LogP contribution < -0.4 is 4.74 Å². The Kier molecular flexibility index (Phi) is 5.01. The second kappa shape index (κ2) is 7.71. The molecule has 0 aliphatic carbocycles. The molecule has 0 radical (unpaired) electrons. The lowest BCUT2D eigenvalue weighted by Gasteiger charge is -2.26. The van der Waals surface area contributed by atoms with Crippen LogP contribution in [0.4, 0.5) is 13.2 Å². The standard InChI is InChI=1S/C24H24F3N3O/c1-16-19-7-8-28-15-17(19)13-21-20-14-18(31-12-11-29-9-3-2-4-10-29)5-6-22(20)30(23(16)21)24(25,26)27/h5-8,13-15H,2-4,9-12H2,1H3. The predicted molar refractivity (Wildman–Crippen MR) is 117 cm³/mol. The Morgan fingerprint density at radius 3 is 2.58 bits per heavy atom. The maximum atomic E-state index is 14.1. The molecule has 0 amide bonds. The molecule has 2 aromatic heterocycles. The van der Waals surface area contributed by atoms with Gasteiger partial charge in [-0.25, -0.2) is 0 Å². The SMILES string of the molecule is Cc1c2ccncc2cc2c3cc(OCCN4CCCCC4)ccc3n(C(F)(F)F)c12. The third kappa shape index (κ3) is 3.61. The lowest BCUT2D eigenvalue weighted by atomic mass is 10.0. The lowest BCUT2D eigenvalue weighted by Crippen LogP contribution is -2.33. The molecule has 31 heavy (non-hydrogen) atoms. The summed E-state index contributed by atoms with van der Waals surface area (Å²) in [6.45, 7) is 5.26. The van der Waals surface area contributed by atoms with Gasteiger partial charge in [0.25, 0.3) is 0 Å². The topological polar surface area (TPSA) is 30.3 Å². The highest BCUT2D eigenvalue weighted by Gasteiger charge is 2.35. The zero-order chi connectivity index (χ0) is 21.6. The Morgan fingerprint density at radius 2 is 1.81 bits per heavy atom. The fourth-order valence-corrected chi connectivity index (χ4v) is 4.79. The van der Waals surface area contributed by atoms with Crippen LogP contribution in [0, 0.1) is 6.92 Å². The second-order valence-corrected chi connectivity index (χ2v) is 8.23. The first-order chi connectivity index (χ1) is 14.9. The number of piperidine rings is 1. The van der Waals surface area contributed by atoms with E-state index in [4.69, 9.17) is 4.74 Å². The molecule has 0 N–H and O–H groups in total. The first kappa shape index (κ1) is 20.1. The molecule has 4 nitrogen and oxygen atoms in total. The van der Waals surface area contributed by atoms with Gasteiger partial charge in [-0.2, -0.15) is 0 Å². The second-order valence-electron chi connectivity index (χ2n) is 8.23. The summed E-state index contributed by atoms with van der Waals surface area (Å²) in [4.78, 5) is 6.52. The Balaban J connectivity index is 1.59. The highest BCUT2D eigenvalue weighted by atomic mass is 19.4. The molecule has 3 heterocycles. The normalized spacial score (nSPS) is 15.9. The number of halogens is 3. The van der Waals surface area contributed by atoms with Crippen LogP contribution >= 0.6 is 0 Å². The van der Waals surface area contributed by atoms with Crippen molar-refractivity contribution in [2.45, 2.75) is 32.5 Å². The minimum Gasteiger partial charge on any atom is -0.492 e. The summed E-state index contributed by atoms with van der Waals surface area (Å²) in [6.07, 6.45) is 2.48. The lowest BCUT2D eigenvalue weighted by molar-refractivity contribution is -0.197. The van der Waals surface area contributed by atoms with Crippen molar-refractivity contribution in [3.63, 3.8) is 0 Å². The molecule has 2 aromatic carbocycles. The van der Waals surface area contributed by atoms with Gasteiger partial charge in [0, 0.05) is 35.1 Å². The minimum absolute atomic E-state index is 0.136. The molecule has 0 bridgehead atoms. The van der Waals surface area contributed by atoms with Crippen molar-refractivity contribution in [1.82, 2.24) is 14.5 Å². The Labute approximate surface area is 178 Å². The molecule has 0 saturated carbocycles. The molecule has 1 aliphatic rings. The number of alkyl halides is 3. The highest BCUT2D eigenvalue weighted by Crippen LogP contribution is 2.41. The molecule has 1 aliphatic heterocycles. The summed E-state index contributed by atoms with van der Waals surface area (Å²) >= 11 is 0. The summed E-state index contributed by atoms with van der Waals surface area (Å²) in [5, 5.41) is 2.70. The molecule has 1 saturated heterocycles. The fraction of sp³-hybridized carbons (Fsp3) is 0.375. The van der Waals surface area contributed by atoms with Gasteiger partial charge in [0.2, 0.25) is 0 Å². The van der Waals surface area contributed by atoms with Crippen LogP contribution in [0.15, 0.2) is 42.7 Å². The minimum atomic E-state index is -4.53. The van der Waals surface area contributed by atoms with Crippen LogP contribution in [-0.2, 0) is 6.30 Å². The molecule has 7 heteroatoms.